The molecule has 0 aliphatic heterocycles. The number of hydrogen-bond acceptors (Lipinski definition) is 11. The third kappa shape index (κ3) is 12.6. The van der Waals surface area contributed by atoms with Gasteiger partial charge in [0.1, 0.15) is 25.7 Å². The van der Waals surface area contributed by atoms with Crippen molar-refractivity contribution in [2.75, 3.05) is 0 Å². The van der Waals surface area contributed by atoms with Gasteiger partial charge in [0.2, 0.25) is 0 Å². The summed E-state index contributed by atoms with van der Waals surface area (Å²) in [6.45, 7) is 4.70. The average molecular weight is 1820 g/mol. The first-order valence-corrected chi connectivity index (χ1v) is 49.4. The van der Waals surface area contributed by atoms with Crippen LogP contribution in [0.15, 0.2) is 423 Å². The fourth-order valence-corrected chi connectivity index (χ4v) is 25.7. The summed E-state index contributed by atoms with van der Waals surface area (Å²) < 4.78 is 19.8. The molecule has 0 radical (unpaired) electrons. The molecule has 29 aromatic rings. The van der Waals surface area contributed by atoms with E-state index in [1.807, 2.05) is 29.5 Å². The van der Waals surface area contributed by atoms with E-state index in [9.17, 15) is 0 Å². The number of furan rings is 1. The Kier molecular flexibility index (Phi) is 18.0. The van der Waals surface area contributed by atoms with Gasteiger partial charge in [-0.15, -0.1) is 45.3 Å². The van der Waals surface area contributed by atoms with Gasteiger partial charge in [0.25, 0.3) is 0 Å². The molecule has 10 nitrogen and oxygen atoms in total. The molecule has 0 bridgehead atoms. The molecule has 0 saturated heterocycles. The quantitative estimate of drug-likeness (QED) is 0.142. The van der Waals surface area contributed by atoms with Gasteiger partial charge in [-0.2, -0.15) is 0 Å². The molecule has 0 saturated carbocycles. The zero-order valence-electron chi connectivity index (χ0n) is 73.9. The summed E-state index contributed by atoms with van der Waals surface area (Å²) in [4.78, 5) is 34.2. The van der Waals surface area contributed by atoms with Gasteiger partial charge < -0.3 is 18.1 Å². The van der Waals surface area contributed by atoms with Gasteiger partial charge in [-0.3, -0.25) is 0 Å². The third-order valence-electron chi connectivity index (χ3n) is 27.7. The second-order valence-corrected chi connectivity index (χ2v) is 40.0. The third-order valence-corrected chi connectivity index (χ3v) is 32.0. The number of benzene rings is 18. The maximum absolute atomic E-state index is 6.33. The molecule has 1 aliphatic rings. The van der Waals surface area contributed by atoms with Crippen molar-refractivity contribution >= 4 is 214 Å². The molecular weight excluding hydrogens is 1750 g/mol. The van der Waals surface area contributed by atoms with E-state index in [0.717, 1.165) is 149 Å². The maximum atomic E-state index is 6.33. The van der Waals surface area contributed by atoms with Crippen molar-refractivity contribution in [1.29, 1.82) is 0 Å². The molecule has 11 aromatic heterocycles. The lowest BCUT2D eigenvalue weighted by atomic mass is 9.82. The molecule has 0 spiro atoms. The Hall–Kier alpha value is -16.7. The fourth-order valence-electron chi connectivity index (χ4n) is 21.4. The van der Waals surface area contributed by atoms with E-state index >= 15 is 0 Å². The Morgan fingerprint density at radius 1 is 0.212 bits per heavy atom. The van der Waals surface area contributed by atoms with Gasteiger partial charge in [-0.1, -0.05) is 299 Å². The lowest BCUT2D eigenvalue weighted by Gasteiger charge is -2.21. The van der Waals surface area contributed by atoms with Crippen molar-refractivity contribution in [3.8, 4) is 96.1 Å². The van der Waals surface area contributed by atoms with Crippen molar-refractivity contribution in [3.05, 3.63) is 430 Å². The number of rotatable bonds is 9. The molecule has 14 heteroatoms. The maximum Gasteiger partial charge on any atom is 0.161 e. The number of nitrogens with zero attached hydrogens (tertiary/aromatic N) is 9. The number of thiophene rings is 4. The minimum Gasteiger partial charge on any atom is -0.456 e. The Balaban J connectivity index is 0.000000102. The predicted octanol–water partition coefficient (Wildman–Crippen LogP) is 34.4. The first-order valence-electron chi connectivity index (χ1n) is 46.1. The minimum atomic E-state index is -0.0652. The number of aromatic nitrogens is 9. The molecule has 0 fully saturated rings. The second kappa shape index (κ2) is 31.2. The van der Waals surface area contributed by atoms with E-state index in [0.29, 0.717) is 0 Å². The van der Waals surface area contributed by atoms with Crippen molar-refractivity contribution in [2.24, 2.45) is 0 Å². The predicted molar refractivity (Wildman–Crippen MR) is 578 cm³/mol. The first-order chi connectivity index (χ1) is 67.7. The Morgan fingerprint density at radius 2 is 0.591 bits per heavy atom. The number of para-hydroxylation sites is 4. The highest BCUT2D eigenvalue weighted by molar-refractivity contribution is 7.27. The molecule has 18 aromatic carbocycles. The Morgan fingerprint density at radius 3 is 1.09 bits per heavy atom. The lowest BCUT2D eigenvalue weighted by Crippen LogP contribution is -2.14. The van der Waals surface area contributed by atoms with Gasteiger partial charge in [0.15, 0.2) is 17.5 Å². The summed E-state index contributed by atoms with van der Waals surface area (Å²) in [5.74, 6) is 2.20. The van der Waals surface area contributed by atoms with Crippen LogP contribution in [0.5, 0.6) is 0 Å². The van der Waals surface area contributed by atoms with Crippen LogP contribution in [0.3, 0.4) is 0 Å². The zero-order valence-corrected chi connectivity index (χ0v) is 77.2. The summed E-state index contributed by atoms with van der Waals surface area (Å²) in [6, 6.07) is 149. The molecule has 1 aliphatic carbocycles. The van der Waals surface area contributed by atoms with Crippen LogP contribution in [0.25, 0.3) is 265 Å². The number of hydrogen-bond donors (Lipinski definition) is 0. The van der Waals surface area contributed by atoms with Crippen LogP contribution in [-0.2, 0) is 5.41 Å². The van der Waals surface area contributed by atoms with Crippen LogP contribution in [0.1, 0.15) is 25.0 Å². The highest BCUT2D eigenvalue weighted by Gasteiger charge is 2.37. The fraction of sp³-hybridized carbons (Fsp3) is 0.0244. The van der Waals surface area contributed by atoms with Crippen LogP contribution in [-0.4, -0.2) is 43.6 Å². The lowest BCUT2D eigenvalue weighted by molar-refractivity contribution is 0.661. The average Bonchev–Trinajstić information content (AvgIpc) is 1.55. The summed E-state index contributed by atoms with van der Waals surface area (Å²) in [6.07, 6.45) is 0. The molecule has 0 N–H and O–H groups in total. The van der Waals surface area contributed by atoms with Crippen LogP contribution in [0.4, 0.5) is 0 Å². The van der Waals surface area contributed by atoms with Crippen LogP contribution >= 0.6 is 45.3 Å². The van der Waals surface area contributed by atoms with E-state index in [-0.39, 0.29) is 5.41 Å². The van der Waals surface area contributed by atoms with E-state index in [2.05, 4.69) is 428 Å². The molecular formula is C123H75N9OS4. The van der Waals surface area contributed by atoms with Crippen molar-refractivity contribution in [3.63, 3.8) is 0 Å². The van der Waals surface area contributed by atoms with E-state index in [4.69, 9.17) is 34.3 Å². The van der Waals surface area contributed by atoms with Crippen LogP contribution in [0, 0.1) is 0 Å². The summed E-state index contributed by atoms with van der Waals surface area (Å²) in [5.41, 5.74) is 26.7. The monoisotopic (exact) mass is 1820 g/mol. The van der Waals surface area contributed by atoms with Gasteiger partial charge in [-0.05, 0) is 150 Å². The van der Waals surface area contributed by atoms with E-state index in [1.54, 1.807) is 34.0 Å². The molecule has 642 valence electrons. The summed E-state index contributed by atoms with van der Waals surface area (Å²) >= 11 is 7.05. The van der Waals surface area contributed by atoms with Crippen LogP contribution in [0.2, 0.25) is 0 Å². The van der Waals surface area contributed by atoms with E-state index in [1.165, 1.54) is 127 Å². The summed E-state index contributed by atoms with van der Waals surface area (Å²) in [5, 5.41) is 19.3. The SMILES string of the molecule is CC1(C)c2ccccc2-c2cc3c4ccccc4n(-c4ccc(-c5nc(-c6ccccc6)c6c(n5)sc5ccccc56)cc4)c3cc21.c1ccc(-c2nc(-c3cccc(-n4c5ccccc5c5cc6c(cc54)oc4ccccc46)c3)nc3sc4ccccc4c23)cc1.c1ccc(-c2nc(-c3cccc(-n4c5ccccc5c5cc6c(cc54)sc4ccccc46)c3)nc3sc4ccccc4c23)cc1. The smallest absolute Gasteiger partial charge is 0.161 e. The topological polar surface area (TPSA) is 105 Å². The van der Waals surface area contributed by atoms with Gasteiger partial charge in [0, 0.05) is 172 Å². The Bertz CT molecular complexity index is 9670. The Labute approximate surface area is 800 Å². The molecule has 0 unspecified atom stereocenters. The van der Waals surface area contributed by atoms with Crippen molar-refractivity contribution in [2.45, 2.75) is 19.3 Å². The molecule has 137 heavy (non-hydrogen) atoms. The van der Waals surface area contributed by atoms with Crippen molar-refractivity contribution in [1.82, 2.24) is 43.6 Å². The van der Waals surface area contributed by atoms with E-state index < -0.39 is 0 Å². The molecule has 0 atom stereocenters. The minimum absolute atomic E-state index is 0.0652. The standard InChI is InChI=1S/C43H29N3S.C40H23N3OS.C40H23N3S2/c1-43(2)34-17-9-6-14-29(34)32-24-33-30-15-7-10-18-36(30)46(37(33)25-35(32)43)28-22-20-27(21-23-28)41-44-40(26-12-4-3-5-13-26)39-31-16-8-11-19-38(31)47-42(39)45-41;1-2-11-24(12-3-1)38-37-29-17-6-9-20-36(29)45-40(37)42-39(41-38)25-13-10-14-26(21-25)43-32-18-7-4-15-27(32)30-22-31-28-16-5-8-19-34(28)44-35(31)23-33(30)43;1-2-11-24(12-3-1)38-37-29-17-6-9-20-35(29)45-40(37)42-39(41-38)25-13-10-14-26(21-25)43-32-18-7-4-15-27(32)30-22-31-28-16-5-8-19-34(28)44-36(31)23-33(30)43/h3-25H,1-2H3;2*1-23H. The molecule has 30 rings (SSSR count). The van der Waals surface area contributed by atoms with Gasteiger partial charge in [-0.25, -0.2) is 29.9 Å². The van der Waals surface area contributed by atoms with Gasteiger partial charge in [0.05, 0.1) is 50.2 Å². The zero-order chi connectivity index (χ0) is 90.2. The normalized spacial score (nSPS) is 12.5. The van der Waals surface area contributed by atoms with Crippen LogP contribution < -0.4 is 0 Å². The first kappa shape index (κ1) is 78.9. The molecule has 11 heterocycles. The highest BCUT2D eigenvalue weighted by atomic mass is 32.1. The summed E-state index contributed by atoms with van der Waals surface area (Å²) in [7, 11) is 0. The molecule has 0 amide bonds. The number of fused-ring (bicyclic) bond motifs is 27. The highest BCUT2D eigenvalue weighted by Crippen LogP contribution is 2.53. The van der Waals surface area contributed by atoms with Crippen molar-refractivity contribution < 1.29 is 4.42 Å². The van der Waals surface area contributed by atoms with Gasteiger partial charge >= 0.3 is 0 Å². The largest absolute Gasteiger partial charge is 0.456 e. The second-order valence-electron chi connectivity index (χ2n) is 35.8.